The highest BCUT2D eigenvalue weighted by molar-refractivity contribution is 9.11. The van der Waals surface area contributed by atoms with E-state index in [2.05, 4.69) is 47.6 Å². The first-order valence-corrected chi connectivity index (χ1v) is 11.5. The number of carbonyl (C=O) groups is 2. The van der Waals surface area contributed by atoms with Gasteiger partial charge in [0.05, 0.1) is 15.6 Å². The van der Waals surface area contributed by atoms with Gasteiger partial charge in [0.2, 0.25) is 5.91 Å². The Morgan fingerprint density at radius 3 is 2.20 bits per heavy atom. The highest BCUT2D eigenvalue weighted by Gasteiger charge is 2.15. The Morgan fingerprint density at radius 2 is 1.67 bits per heavy atom. The molecule has 1 aromatic rings. The summed E-state index contributed by atoms with van der Waals surface area (Å²) in [4.78, 5) is 23.1. The van der Waals surface area contributed by atoms with Crippen LogP contribution >= 0.6 is 31.9 Å². The molecule has 0 aromatic heterocycles. The molecule has 0 saturated carbocycles. The van der Waals surface area contributed by atoms with Crippen LogP contribution < -0.4 is 21.1 Å². The third-order valence-electron chi connectivity index (χ3n) is 4.17. The Hall–Kier alpha value is -1.65. The van der Waals surface area contributed by atoms with Gasteiger partial charge in [-0.05, 0) is 75.4 Å². The Labute approximate surface area is 194 Å². The zero-order valence-corrected chi connectivity index (χ0v) is 20.4. The molecule has 0 heterocycles. The molecule has 0 aliphatic rings. The number of carbonyl (C=O) groups excluding carboxylic acids is 2. The first kappa shape index (κ1) is 26.4. The second-order valence-corrected chi connectivity index (χ2v) is 8.46. The summed E-state index contributed by atoms with van der Waals surface area (Å²) in [6, 6.07) is 3.66. The third kappa shape index (κ3) is 10.4. The molecule has 10 heteroatoms. The van der Waals surface area contributed by atoms with Gasteiger partial charge in [0.25, 0.3) is 5.91 Å². The first-order valence-electron chi connectivity index (χ1n) is 9.93. The number of rotatable bonds is 14. The number of unbranched alkanes of at least 4 members (excludes halogenated alkanes) is 3. The molecule has 2 amide bonds. The highest BCUT2D eigenvalue weighted by Crippen LogP contribution is 2.35. The number of nitrogens with one attached hydrogen (secondary N) is 2. The van der Waals surface area contributed by atoms with Crippen LogP contribution in [0.25, 0.3) is 0 Å². The van der Waals surface area contributed by atoms with Crippen molar-refractivity contribution in [1.29, 1.82) is 0 Å². The van der Waals surface area contributed by atoms with E-state index in [0.29, 0.717) is 32.0 Å². The third-order valence-corrected chi connectivity index (χ3v) is 5.35. The maximum atomic E-state index is 12.3. The summed E-state index contributed by atoms with van der Waals surface area (Å²) in [5, 5.41) is 18.0. The van der Waals surface area contributed by atoms with Gasteiger partial charge in [0.15, 0.2) is 0 Å². The summed E-state index contributed by atoms with van der Waals surface area (Å²) in [5.74, 6) is 0.245. The average molecular weight is 550 g/mol. The Morgan fingerprint density at radius 1 is 1.07 bits per heavy atom. The fourth-order valence-electron chi connectivity index (χ4n) is 2.64. The maximum absolute atomic E-state index is 12.3. The monoisotopic (exact) mass is 548 g/mol. The lowest BCUT2D eigenvalue weighted by Gasteiger charge is -2.12. The first-order chi connectivity index (χ1) is 14.4. The molecule has 1 aromatic carbocycles. The van der Waals surface area contributed by atoms with Crippen LogP contribution in [0.15, 0.2) is 26.2 Å². The second kappa shape index (κ2) is 15.2. The summed E-state index contributed by atoms with van der Waals surface area (Å²) < 4.78 is 7.17. The zero-order chi connectivity index (χ0) is 22.4. The fourth-order valence-corrected chi connectivity index (χ4v) is 4.15. The molecule has 5 N–H and O–H groups in total. The molecule has 0 aliphatic heterocycles. The number of nitrogens with zero attached hydrogens (tertiary/aromatic N) is 1. The fraction of sp³-hybridized carbons (Fsp3) is 0.550. The van der Waals surface area contributed by atoms with E-state index in [0.717, 1.165) is 46.6 Å². The number of oxime groups is 1. The van der Waals surface area contributed by atoms with Gasteiger partial charge in [-0.3, -0.25) is 9.59 Å². The number of halogens is 2. The predicted octanol–water partition coefficient (Wildman–Crippen LogP) is 3.12. The van der Waals surface area contributed by atoms with E-state index in [-0.39, 0.29) is 18.0 Å². The van der Waals surface area contributed by atoms with Gasteiger partial charge < -0.3 is 26.3 Å². The molecule has 0 bridgehead atoms. The molecule has 8 nitrogen and oxygen atoms in total. The summed E-state index contributed by atoms with van der Waals surface area (Å²) in [6.45, 7) is 3.73. The van der Waals surface area contributed by atoms with Gasteiger partial charge in [0.1, 0.15) is 11.5 Å². The van der Waals surface area contributed by atoms with Crippen molar-refractivity contribution in [2.24, 2.45) is 10.9 Å². The van der Waals surface area contributed by atoms with E-state index in [1.165, 1.54) is 6.92 Å². The van der Waals surface area contributed by atoms with E-state index >= 15 is 0 Å². The van der Waals surface area contributed by atoms with E-state index in [9.17, 15) is 14.8 Å². The van der Waals surface area contributed by atoms with Crippen LogP contribution in [0.1, 0.15) is 44.6 Å². The van der Waals surface area contributed by atoms with E-state index < -0.39 is 5.91 Å². The SMILES string of the molecule is CC(=O)NCCCCCCNC(=O)/C(Cc1cc(Br)c(OCCCN)c(Br)c1)=N/O. The lowest BCUT2D eigenvalue weighted by Crippen LogP contribution is -2.33. The molecule has 0 atom stereocenters. The summed E-state index contributed by atoms with van der Waals surface area (Å²) in [6.07, 6.45) is 4.57. The van der Waals surface area contributed by atoms with Crippen LogP contribution in [-0.4, -0.2) is 49.0 Å². The minimum Gasteiger partial charge on any atom is -0.491 e. The van der Waals surface area contributed by atoms with E-state index in [1.54, 1.807) is 0 Å². The van der Waals surface area contributed by atoms with Crippen molar-refractivity contribution >= 4 is 49.4 Å². The smallest absolute Gasteiger partial charge is 0.269 e. The number of hydrogen-bond acceptors (Lipinski definition) is 6. The van der Waals surface area contributed by atoms with Gasteiger partial charge in [-0.2, -0.15) is 0 Å². The van der Waals surface area contributed by atoms with Crippen molar-refractivity contribution in [3.8, 4) is 5.75 Å². The number of nitrogens with two attached hydrogens (primary N) is 1. The number of benzene rings is 1. The van der Waals surface area contributed by atoms with Gasteiger partial charge in [-0.1, -0.05) is 18.0 Å². The normalized spacial score (nSPS) is 11.3. The van der Waals surface area contributed by atoms with Gasteiger partial charge in [-0.25, -0.2) is 0 Å². The Bertz CT molecular complexity index is 706. The van der Waals surface area contributed by atoms with Crippen molar-refractivity contribution in [3.63, 3.8) is 0 Å². The quantitative estimate of drug-likeness (QED) is 0.123. The predicted molar refractivity (Wildman–Crippen MR) is 124 cm³/mol. The zero-order valence-electron chi connectivity index (χ0n) is 17.2. The van der Waals surface area contributed by atoms with Crippen LogP contribution in [0.2, 0.25) is 0 Å². The lowest BCUT2D eigenvalue weighted by molar-refractivity contribution is -0.119. The molecule has 0 radical (unpaired) electrons. The molecule has 0 aliphatic carbocycles. The number of amides is 2. The largest absolute Gasteiger partial charge is 0.491 e. The van der Waals surface area contributed by atoms with E-state index in [1.807, 2.05) is 12.1 Å². The minimum absolute atomic E-state index is 0.0223. The van der Waals surface area contributed by atoms with Gasteiger partial charge in [-0.15, -0.1) is 0 Å². The van der Waals surface area contributed by atoms with Crippen molar-refractivity contribution in [2.75, 3.05) is 26.2 Å². The molecular weight excluding hydrogens is 520 g/mol. The molecule has 1 rings (SSSR count). The highest BCUT2D eigenvalue weighted by atomic mass is 79.9. The number of ether oxygens (including phenoxy) is 1. The Balaban J connectivity index is 2.45. The summed E-state index contributed by atoms with van der Waals surface area (Å²) >= 11 is 6.94. The van der Waals surface area contributed by atoms with Crippen molar-refractivity contribution in [3.05, 3.63) is 26.6 Å². The van der Waals surface area contributed by atoms with E-state index in [4.69, 9.17) is 10.5 Å². The molecule has 30 heavy (non-hydrogen) atoms. The summed E-state index contributed by atoms with van der Waals surface area (Å²) in [5.41, 5.74) is 6.31. The van der Waals surface area contributed by atoms with Crippen LogP contribution in [0.5, 0.6) is 5.75 Å². The molecule has 0 unspecified atom stereocenters. The Kier molecular flexibility index (Phi) is 13.4. The van der Waals surface area contributed by atoms with Crippen LogP contribution in [0.4, 0.5) is 0 Å². The van der Waals surface area contributed by atoms with Gasteiger partial charge in [0, 0.05) is 26.4 Å². The standard InChI is InChI=1S/C20H30Br2N4O4/c1-14(27)24-8-4-2-3-5-9-25-20(28)18(26-29)13-15-11-16(21)19(17(22)12-15)30-10-6-7-23/h11-12,29H,2-10,13,23H2,1H3,(H,24,27)(H,25,28)/b26-18+. The summed E-state index contributed by atoms with van der Waals surface area (Å²) in [7, 11) is 0. The average Bonchev–Trinajstić information content (AvgIpc) is 2.69. The van der Waals surface area contributed by atoms with Gasteiger partial charge >= 0.3 is 0 Å². The van der Waals surface area contributed by atoms with Crippen molar-refractivity contribution in [1.82, 2.24) is 10.6 Å². The molecule has 0 saturated heterocycles. The molecular formula is C20H30Br2N4O4. The van der Waals surface area contributed by atoms with Crippen LogP contribution in [0.3, 0.4) is 0 Å². The van der Waals surface area contributed by atoms with Crippen LogP contribution in [0, 0.1) is 0 Å². The molecule has 168 valence electrons. The molecule has 0 spiro atoms. The minimum atomic E-state index is -0.397. The topological polar surface area (TPSA) is 126 Å². The molecule has 0 fully saturated rings. The maximum Gasteiger partial charge on any atom is 0.269 e. The van der Waals surface area contributed by atoms with Crippen molar-refractivity contribution < 1.29 is 19.5 Å². The van der Waals surface area contributed by atoms with Crippen molar-refractivity contribution in [2.45, 2.75) is 45.4 Å². The lowest BCUT2D eigenvalue weighted by atomic mass is 10.1. The number of hydrogen-bond donors (Lipinski definition) is 4. The second-order valence-electron chi connectivity index (χ2n) is 6.76. The van der Waals surface area contributed by atoms with Crippen LogP contribution in [-0.2, 0) is 16.0 Å².